The fourth-order valence-corrected chi connectivity index (χ4v) is 4.19. The second-order valence-electron chi connectivity index (χ2n) is 7.21. The zero-order chi connectivity index (χ0) is 18.6. The number of rotatable bonds is 7. The molecule has 2 atom stereocenters. The lowest BCUT2D eigenvalue weighted by atomic mass is 10.1. The van der Waals surface area contributed by atoms with Gasteiger partial charge in [0.25, 0.3) is 5.91 Å². The maximum atomic E-state index is 12.3. The van der Waals surface area contributed by atoms with Crippen LogP contribution in [0.15, 0.2) is 66.0 Å². The van der Waals surface area contributed by atoms with Gasteiger partial charge in [-0.2, -0.15) is 0 Å². The summed E-state index contributed by atoms with van der Waals surface area (Å²) in [6.45, 7) is 3.63. The van der Waals surface area contributed by atoms with Crippen LogP contribution in [0.25, 0.3) is 0 Å². The summed E-state index contributed by atoms with van der Waals surface area (Å²) in [7, 11) is 0. The molecule has 1 aromatic heterocycles. The Bertz CT molecular complexity index is 902. The number of thiophene rings is 1. The molecule has 27 heavy (non-hydrogen) atoms. The van der Waals surface area contributed by atoms with Gasteiger partial charge < -0.3 is 10.6 Å². The lowest BCUT2D eigenvalue weighted by Gasteiger charge is -2.07. The number of carbonyl (C=O) groups excluding carboxylic acids is 1. The number of benzene rings is 2. The standard InChI is InChI=1S/C23H24N2OS/c1-16-11-20(27-15-16)14-24-22-12-21(22)18-7-9-19(10-8-18)23(26)25-13-17-5-3-2-4-6-17/h2-11,15,21-22,24H,12-14H2,1H3,(H,25,26). The van der Waals surface area contributed by atoms with Crippen molar-refractivity contribution in [1.29, 1.82) is 0 Å². The van der Waals surface area contributed by atoms with E-state index in [0.29, 0.717) is 24.1 Å². The van der Waals surface area contributed by atoms with Crippen molar-refractivity contribution < 1.29 is 4.79 Å². The van der Waals surface area contributed by atoms with E-state index in [2.05, 4.69) is 41.1 Å². The van der Waals surface area contributed by atoms with Gasteiger partial charge in [0.15, 0.2) is 0 Å². The quantitative estimate of drug-likeness (QED) is 0.631. The zero-order valence-electron chi connectivity index (χ0n) is 15.4. The van der Waals surface area contributed by atoms with Crippen molar-refractivity contribution in [2.45, 2.75) is 38.4 Å². The van der Waals surface area contributed by atoms with Crippen molar-refractivity contribution in [3.63, 3.8) is 0 Å². The van der Waals surface area contributed by atoms with Crippen LogP contribution in [0, 0.1) is 6.92 Å². The molecule has 3 aromatic rings. The SMILES string of the molecule is Cc1csc(CNC2CC2c2ccc(C(=O)NCc3ccccc3)cc2)c1. The molecule has 1 amide bonds. The van der Waals surface area contributed by atoms with Gasteiger partial charge >= 0.3 is 0 Å². The molecule has 138 valence electrons. The minimum absolute atomic E-state index is 0.0241. The van der Waals surface area contributed by atoms with Gasteiger partial charge in [0, 0.05) is 35.5 Å². The molecule has 4 heteroatoms. The van der Waals surface area contributed by atoms with E-state index in [9.17, 15) is 4.79 Å². The molecule has 0 bridgehead atoms. The first-order valence-electron chi connectivity index (χ1n) is 9.38. The number of hydrogen-bond donors (Lipinski definition) is 2. The van der Waals surface area contributed by atoms with E-state index in [-0.39, 0.29) is 5.91 Å². The molecule has 3 nitrogen and oxygen atoms in total. The lowest BCUT2D eigenvalue weighted by Crippen LogP contribution is -2.22. The summed E-state index contributed by atoms with van der Waals surface area (Å²) >= 11 is 1.82. The van der Waals surface area contributed by atoms with E-state index in [1.807, 2.05) is 53.8 Å². The summed E-state index contributed by atoms with van der Waals surface area (Å²) in [5, 5.41) is 8.82. The number of carbonyl (C=O) groups is 1. The van der Waals surface area contributed by atoms with E-state index in [4.69, 9.17) is 0 Å². The molecule has 0 spiro atoms. The van der Waals surface area contributed by atoms with E-state index in [0.717, 1.165) is 12.1 Å². The Hall–Kier alpha value is -2.43. The van der Waals surface area contributed by atoms with E-state index < -0.39 is 0 Å². The highest BCUT2D eigenvalue weighted by molar-refractivity contribution is 7.10. The predicted molar refractivity (Wildman–Crippen MR) is 111 cm³/mol. The molecule has 2 unspecified atom stereocenters. The van der Waals surface area contributed by atoms with E-state index in [1.165, 1.54) is 22.4 Å². The van der Waals surface area contributed by atoms with Gasteiger partial charge in [-0.05, 0) is 53.6 Å². The van der Waals surface area contributed by atoms with Crippen LogP contribution in [0.3, 0.4) is 0 Å². The smallest absolute Gasteiger partial charge is 0.251 e. The van der Waals surface area contributed by atoms with Crippen molar-refractivity contribution in [3.8, 4) is 0 Å². The first-order chi connectivity index (χ1) is 13.2. The molecule has 2 N–H and O–H groups in total. The second-order valence-corrected chi connectivity index (χ2v) is 8.21. The van der Waals surface area contributed by atoms with Gasteiger partial charge in [-0.1, -0.05) is 42.5 Å². The Morgan fingerprint density at radius 1 is 1.07 bits per heavy atom. The average Bonchev–Trinajstić information content (AvgIpc) is 3.37. The van der Waals surface area contributed by atoms with E-state index >= 15 is 0 Å². The van der Waals surface area contributed by atoms with Crippen LogP contribution in [0.4, 0.5) is 0 Å². The predicted octanol–water partition coefficient (Wildman–Crippen LogP) is 4.63. The van der Waals surface area contributed by atoms with Crippen LogP contribution in [0.5, 0.6) is 0 Å². The summed E-state index contributed by atoms with van der Waals surface area (Å²) in [5.41, 5.74) is 4.48. The van der Waals surface area contributed by atoms with Gasteiger partial charge in [-0.3, -0.25) is 4.79 Å². The highest BCUT2D eigenvalue weighted by Gasteiger charge is 2.37. The normalized spacial score (nSPS) is 18.3. The summed E-state index contributed by atoms with van der Waals surface area (Å²) < 4.78 is 0. The Labute approximate surface area is 164 Å². The van der Waals surface area contributed by atoms with E-state index in [1.54, 1.807) is 0 Å². The molecule has 1 saturated carbocycles. The molecule has 1 aliphatic rings. The minimum atomic E-state index is -0.0241. The molecular weight excluding hydrogens is 352 g/mol. The van der Waals surface area contributed by atoms with Crippen LogP contribution in [-0.2, 0) is 13.1 Å². The summed E-state index contributed by atoms with van der Waals surface area (Å²) in [6, 6.07) is 20.8. The second kappa shape index (κ2) is 8.07. The third-order valence-electron chi connectivity index (χ3n) is 5.01. The number of amides is 1. The maximum absolute atomic E-state index is 12.3. The first kappa shape index (κ1) is 18.0. The Balaban J connectivity index is 1.27. The highest BCUT2D eigenvalue weighted by atomic mass is 32.1. The summed E-state index contributed by atoms with van der Waals surface area (Å²) in [5.74, 6) is 0.538. The molecule has 1 aliphatic carbocycles. The first-order valence-corrected chi connectivity index (χ1v) is 10.3. The van der Waals surface area contributed by atoms with Gasteiger partial charge in [-0.15, -0.1) is 11.3 Å². The number of hydrogen-bond acceptors (Lipinski definition) is 3. The van der Waals surface area contributed by atoms with Crippen LogP contribution >= 0.6 is 11.3 Å². The third-order valence-corrected chi connectivity index (χ3v) is 6.07. The van der Waals surface area contributed by atoms with Crippen molar-refractivity contribution in [3.05, 3.63) is 93.2 Å². The molecule has 1 fully saturated rings. The van der Waals surface area contributed by atoms with Gasteiger partial charge in [0.2, 0.25) is 0 Å². The molecule has 1 heterocycles. The Kier molecular flexibility index (Phi) is 5.37. The number of nitrogens with one attached hydrogen (secondary N) is 2. The minimum Gasteiger partial charge on any atom is -0.348 e. The van der Waals surface area contributed by atoms with Crippen LogP contribution in [-0.4, -0.2) is 11.9 Å². The van der Waals surface area contributed by atoms with Crippen LogP contribution < -0.4 is 10.6 Å². The van der Waals surface area contributed by atoms with Crippen molar-refractivity contribution >= 4 is 17.2 Å². The summed E-state index contributed by atoms with van der Waals surface area (Å²) in [4.78, 5) is 13.7. The molecule has 2 aromatic carbocycles. The molecule has 0 radical (unpaired) electrons. The number of aryl methyl sites for hydroxylation is 1. The molecule has 0 aliphatic heterocycles. The van der Waals surface area contributed by atoms with Gasteiger partial charge in [0.1, 0.15) is 0 Å². The lowest BCUT2D eigenvalue weighted by molar-refractivity contribution is 0.0951. The van der Waals surface area contributed by atoms with Gasteiger partial charge in [0.05, 0.1) is 0 Å². The molecule has 4 rings (SSSR count). The van der Waals surface area contributed by atoms with Crippen LogP contribution in [0.2, 0.25) is 0 Å². The average molecular weight is 377 g/mol. The van der Waals surface area contributed by atoms with Gasteiger partial charge in [-0.25, -0.2) is 0 Å². The Morgan fingerprint density at radius 2 is 1.85 bits per heavy atom. The monoisotopic (exact) mass is 376 g/mol. The fraction of sp³-hybridized carbons (Fsp3) is 0.261. The fourth-order valence-electron chi connectivity index (χ4n) is 3.37. The third kappa shape index (κ3) is 4.65. The Morgan fingerprint density at radius 3 is 2.56 bits per heavy atom. The topological polar surface area (TPSA) is 41.1 Å². The molecular formula is C23H24N2OS. The highest BCUT2D eigenvalue weighted by Crippen LogP contribution is 2.41. The zero-order valence-corrected chi connectivity index (χ0v) is 16.3. The largest absolute Gasteiger partial charge is 0.348 e. The van der Waals surface area contributed by atoms with Crippen molar-refractivity contribution in [1.82, 2.24) is 10.6 Å². The van der Waals surface area contributed by atoms with Crippen molar-refractivity contribution in [2.24, 2.45) is 0 Å². The van der Waals surface area contributed by atoms with Crippen molar-refractivity contribution in [2.75, 3.05) is 0 Å². The van der Waals surface area contributed by atoms with Crippen LogP contribution in [0.1, 0.15) is 44.3 Å². The molecule has 0 saturated heterocycles. The summed E-state index contributed by atoms with van der Waals surface area (Å²) in [6.07, 6.45) is 1.17. The maximum Gasteiger partial charge on any atom is 0.251 e.